The largest absolute Gasteiger partial charge is 0.377 e. The summed E-state index contributed by atoms with van der Waals surface area (Å²) in [6.07, 6.45) is 0.0724. The van der Waals surface area contributed by atoms with Crippen molar-refractivity contribution in [3.8, 4) is 0 Å². The van der Waals surface area contributed by atoms with Gasteiger partial charge in [-0.2, -0.15) is 12.7 Å². The Kier molecular flexibility index (Phi) is 4.51. The van der Waals surface area contributed by atoms with Crippen molar-refractivity contribution in [3.63, 3.8) is 0 Å². The predicted molar refractivity (Wildman–Crippen MR) is 56.0 cm³/mol. The van der Waals surface area contributed by atoms with Crippen LogP contribution in [0.15, 0.2) is 0 Å². The fourth-order valence-electron chi connectivity index (χ4n) is 0.806. The van der Waals surface area contributed by atoms with Crippen molar-refractivity contribution in [2.45, 2.75) is 39.3 Å². The molecule has 0 amide bonds. The number of hydrogen-bond acceptors (Lipinski definition) is 3. The highest BCUT2D eigenvalue weighted by atomic mass is 32.2. The quantitative estimate of drug-likeness (QED) is 0.731. The molecular weight excluding hydrogens is 204 g/mol. The highest BCUT2D eigenvalue weighted by molar-refractivity contribution is 7.86. The van der Waals surface area contributed by atoms with Gasteiger partial charge in [0.1, 0.15) is 0 Å². The molecule has 0 heterocycles. The van der Waals surface area contributed by atoms with Gasteiger partial charge in [0.15, 0.2) is 0 Å². The van der Waals surface area contributed by atoms with Gasteiger partial charge in [-0.05, 0) is 27.7 Å². The average molecular weight is 224 g/mol. The summed E-state index contributed by atoms with van der Waals surface area (Å²) in [6, 6.07) is 0. The van der Waals surface area contributed by atoms with Crippen molar-refractivity contribution in [3.05, 3.63) is 0 Å². The first-order valence-corrected chi connectivity index (χ1v) is 5.96. The summed E-state index contributed by atoms with van der Waals surface area (Å²) in [5.41, 5.74) is -0.627. The number of nitrogens with two attached hydrogens (primary N) is 1. The molecule has 0 aromatic rings. The Balaban J connectivity index is 4.46. The molecule has 2 N–H and O–H groups in total. The third-order valence-electron chi connectivity index (χ3n) is 2.00. The van der Waals surface area contributed by atoms with Gasteiger partial charge in [0.2, 0.25) is 0 Å². The van der Waals surface area contributed by atoms with E-state index in [0.29, 0.717) is 6.61 Å². The average Bonchev–Trinajstić information content (AvgIpc) is 1.98. The minimum absolute atomic E-state index is 0.0724. The molecule has 0 aromatic carbocycles. The number of hydrogen-bond donors (Lipinski definition) is 1. The van der Waals surface area contributed by atoms with Crippen LogP contribution in [-0.4, -0.2) is 38.0 Å². The van der Waals surface area contributed by atoms with Gasteiger partial charge in [-0.15, -0.1) is 0 Å². The molecule has 6 heteroatoms. The van der Waals surface area contributed by atoms with Crippen LogP contribution in [0.5, 0.6) is 0 Å². The summed E-state index contributed by atoms with van der Waals surface area (Å²) in [4.78, 5) is 0. The fourth-order valence-corrected chi connectivity index (χ4v) is 1.55. The predicted octanol–water partition coefficient (Wildman–Crippen LogP) is 0.325. The van der Waals surface area contributed by atoms with Crippen LogP contribution in [-0.2, 0) is 14.9 Å². The Hall–Kier alpha value is -0.170. The van der Waals surface area contributed by atoms with E-state index in [9.17, 15) is 8.42 Å². The van der Waals surface area contributed by atoms with E-state index in [1.807, 2.05) is 13.8 Å². The zero-order valence-electron chi connectivity index (χ0n) is 9.44. The van der Waals surface area contributed by atoms with Crippen LogP contribution in [0.4, 0.5) is 0 Å². The van der Waals surface area contributed by atoms with Gasteiger partial charge in [0, 0.05) is 7.05 Å². The van der Waals surface area contributed by atoms with Gasteiger partial charge >= 0.3 is 0 Å². The summed E-state index contributed by atoms with van der Waals surface area (Å²) < 4.78 is 28.6. The highest BCUT2D eigenvalue weighted by Crippen LogP contribution is 2.15. The van der Waals surface area contributed by atoms with Crippen LogP contribution in [0, 0.1) is 0 Å². The molecule has 0 saturated carbocycles. The SMILES string of the molecule is CC(C)OCC(C)(C)N(C)S(N)(=O)=O. The smallest absolute Gasteiger partial charge is 0.277 e. The molecule has 0 atom stereocenters. The van der Waals surface area contributed by atoms with Crippen molar-refractivity contribution < 1.29 is 13.2 Å². The van der Waals surface area contributed by atoms with Crippen LogP contribution in [0.3, 0.4) is 0 Å². The zero-order chi connectivity index (χ0) is 11.6. The summed E-state index contributed by atoms with van der Waals surface area (Å²) in [5.74, 6) is 0. The van der Waals surface area contributed by atoms with E-state index < -0.39 is 15.7 Å². The number of likely N-dealkylation sites (N-methyl/N-ethyl adjacent to an activating group) is 1. The zero-order valence-corrected chi connectivity index (χ0v) is 10.3. The van der Waals surface area contributed by atoms with Crippen LogP contribution in [0.2, 0.25) is 0 Å². The summed E-state index contributed by atoms with van der Waals surface area (Å²) in [7, 11) is -2.21. The first-order valence-electron chi connectivity index (χ1n) is 4.46. The van der Waals surface area contributed by atoms with E-state index in [0.717, 1.165) is 4.31 Å². The van der Waals surface area contributed by atoms with E-state index in [-0.39, 0.29) is 6.10 Å². The van der Waals surface area contributed by atoms with Gasteiger partial charge in [0.25, 0.3) is 10.2 Å². The van der Waals surface area contributed by atoms with Gasteiger partial charge in [-0.3, -0.25) is 0 Å². The lowest BCUT2D eigenvalue weighted by Gasteiger charge is -2.33. The molecule has 0 spiro atoms. The number of ether oxygens (including phenoxy) is 1. The minimum Gasteiger partial charge on any atom is -0.377 e. The molecule has 0 rings (SSSR count). The number of nitrogens with zero attached hydrogens (tertiary/aromatic N) is 1. The first kappa shape index (κ1) is 13.8. The van der Waals surface area contributed by atoms with Crippen LogP contribution >= 0.6 is 0 Å². The minimum atomic E-state index is -3.66. The molecule has 0 aliphatic carbocycles. The highest BCUT2D eigenvalue weighted by Gasteiger charge is 2.31. The molecule has 0 aliphatic heterocycles. The number of rotatable bonds is 5. The summed E-state index contributed by atoms with van der Waals surface area (Å²) in [6.45, 7) is 7.64. The maximum absolute atomic E-state index is 11.1. The van der Waals surface area contributed by atoms with Crippen molar-refractivity contribution >= 4 is 10.2 Å². The first-order chi connectivity index (χ1) is 6.07. The van der Waals surface area contributed by atoms with E-state index in [2.05, 4.69) is 0 Å². The molecular formula is C8H20N2O3S. The Labute approximate surface area is 86.4 Å². The topological polar surface area (TPSA) is 72.6 Å². The summed E-state index contributed by atoms with van der Waals surface area (Å²) >= 11 is 0. The molecule has 0 aromatic heterocycles. The van der Waals surface area contributed by atoms with Crippen molar-refractivity contribution in [2.75, 3.05) is 13.7 Å². The van der Waals surface area contributed by atoms with Gasteiger partial charge in [0.05, 0.1) is 18.2 Å². The molecule has 0 radical (unpaired) electrons. The third-order valence-corrected chi connectivity index (χ3v) is 3.26. The second-order valence-electron chi connectivity index (χ2n) is 4.18. The summed E-state index contributed by atoms with van der Waals surface area (Å²) in [5, 5.41) is 5.01. The van der Waals surface area contributed by atoms with Gasteiger partial charge < -0.3 is 4.74 Å². The Morgan fingerprint density at radius 2 is 1.86 bits per heavy atom. The van der Waals surface area contributed by atoms with Gasteiger partial charge in [-0.1, -0.05) is 0 Å². The lowest BCUT2D eigenvalue weighted by molar-refractivity contribution is 0.0194. The lowest BCUT2D eigenvalue weighted by Crippen LogP contribution is -2.51. The van der Waals surface area contributed by atoms with E-state index in [1.165, 1.54) is 7.05 Å². The molecule has 5 nitrogen and oxygen atoms in total. The van der Waals surface area contributed by atoms with E-state index in [1.54, 1.807) is 13.8 Å². The second kappa shape index (κ2) is 4.57. The molecule has 14 heavy (non-hydrogen) atoms. The van der Waals surface area contributed by atoms with E-state index in [4.69, 9.17) is 9.88 Å². The van der Waals surface area contributed by atoms with Crippen molar-refractivity contribution in [2.24, 2.45) is 5.14 Å². The van der Waals surface area contributed by atoms with Crippen molar-refractivity contribution in [1.29, 1.82) is 0 Å². The Morgan fingerprint density at radius 1 is 1.43 bits per heavy atom. The van der Waals surface area contributed by atoms with Crippen LogP contribution < -0.4 is 5.14 Å². The van der Waals surface area contributed by atoms with Crippen LogP contribution in [0.25, 0.3) is 0 Å². The lowest BCUT2D eigenvalue weighted by atomic mass is 10.1. The van der Waals surface area contributed by atoms with E-state index >= 15 is 0 Å². The molecule has 0 aliphatic rings. The molecule has 0 bridgehead atoms. The molecule has 0 unspecified atom stereocenters. The maximum Gasteiger partial charge on any atom is 0.277 e. The normalized spacial score (nSPS) is 14.0. The van der Waals surface area contributed by atoms with Gasteiger partial charge in [-0.25, -0.2) is 5.14 Å². The monoisotopic (exact) mass is 224 g/mol. The van der Waals surface area contributed by atoms with Crippen molar-refractivity contribution in [1.82, 2.24) is 4.31 Å². The maximum atomic E-state index is 11.1. The third kappa shape index (κ3) is 4.36. The Bertz CT molecular complexity index is 272. The Morgan fingerprint density at radius 3 is 2.14 bits per heavy atom. The standard InChI is InChI=1S/C8H20N2O3S/c1-7(2)13-6-8(3,4)10(5)14(9,11)12/h7H,6H2,1-5H3,(H2,9,11,12). The fraction of sp³-hybridized carbons (Fsp3) is 1.00. The van der Waals surface area contributed by atoms with Crippen LogP contribution in [0.1, 0.15) is 27.7 Å². The molecule has 0 saturated heterocycles. The molecule has 86 valence electrons. The second-order valence-corrected chi connectivity index (χ2v) is 5.76. The molecule has 0 fully saturated rings.